The molecule has 0 saturated heterocycles. The number of halogens is 1. The molecule has 33 heavy (non-hydrogen) atoms. The van der Waals surface area contributed by atoms with Gasteiger partial charge in [-0.1, -0.05) is 24.3 Å². The van der Waals surface area contributed by atoms with E-state index in [0.29, 0.717) is 18.7 Å². The Labute approximate surface area is 216 Å². The summed E-state index contributed by atoms with van der Waals surface area (Å²) in [6, 6.07) is 14.0. The molecule has 2 aromatic carbocycles. The number of guanidine groups is 1. The first kappa shape index (κ1) is 28.7. The molecule has 2 N–H and O–H groups in total. The zero-order valence-electron chi connectivity index (χ0n) is 21.0. The van der Waals surface area contributed by atoms with Crippen molar-refractivity contribution in [3.8, 4) is 5.75 Å². The van der Waals surface area contributed by atoms with E-state index in [9.17, 15) is 4.79 Å². The van der Waals surface area contributed by atoms with Crippen LogP contribution < -0.4 is 15.4 Å². The number of nitrogens with zero attached hydrogens (tertiary/aromatic N) is 2. The van der Waals surface area contributed by atoms with Gasteiger partial charge in [-0.2, -0.15) is 0 Å². The molecule has 1 amide bonds. The zero-order valence-corrected chi connectivity index (χ0v) is 23.3. The molecule has 0 aliphatic carbocycles. The topological polar surface area (TPSA) is 66.0 Å². The van der Waals surface area contributed by atoms with E-state index in [2.05, 4.69) is 56.5 Å². The maximum atomic E-state index is 12.2. The van der Waals surface area contributed by atoms with Crippen molar-refractivity contribution in [3.05, 3.63) is 64.7 Å². The predicted molar refractivity (Wildman–Crippen MR) is 148 cm³/mol. The first-order chi connectivity index (χ1) is 15.1. The lowest BCUT2D eigenvalue weighted by molar-refractivity contribution is 0.0827. The van der Waals surface area contributed by atoms with Crippen LogP contribution in [0.5, 0.6) is 5.75 Å². The lowest BCUT2D eigenvalue weighted by atomic mass is 10.1. The van der Waals surface area contributed by atoms with Crippen LogP contribution in [0.3, 0.4) is 0 Å². The Balaban J connectivity index is 0.00000544. The van der Waals surface area contributed by atoms with Crippen molar-refractivity contribution >= 4 is 35.8 Å². The lowest BCUT2D eigenvalue weighted by Crippen LogP contribution is -2.38. The van der Waals surface area contributed by atoms with Gasteiger partial charge in [0, 0.05) is 38.3 Å². The van der Waals surface area contributed by atoms with Gasteiger partial charge in [0.1, 0.15) is 11.4 Å². The average Bonchev–Trinajstić information content (AvgIpc) is 2.71. The summed E-state index contributed by atoms with van der Waals surface area (Å²) < 4.78 is 6.15. The first-order valence-corrected chi connectivity index (χ1v) is 11.2. The maximum Gasteiger partial charge on any atom is 0.253 e. The Bertz CT molecular complexity index is 936. The number of rotatable bonds is 8. The molecule has 0 radical (unpaired) electrons. The highest BCUT2D eigenvalue weighted by Crippen LogP contribution is 2.25. The SMILES string of the molecule is CCNC(=NCc1ccc(C)cc1OC(C)(C)C)NCCc1cccc(C(=O)N(C)C)c1.I. The van der Waals surface area contributed by atoms with Crippen LogP contribution in [0.25, 0.3) is 0 Å². The van der Waals surface area contributed by atoms with Gasteiger partial charge in [0.25, 0.3) is 5.91 Å². The van der Waals surface area contributed by atoms with E-state index >= 15 is 0 Å². The number of ether oxygens (including phenoxy) is 1. The molecule has 0 aliphatic rings. The van der Waals surface area contributed by atoms with E-state index in [4.69, 9.17) is 9.73 Å². The zero-order chi connectivity index (χ0) is 23.7. The number of nitrogens with one attached hydrogen (secondary N) is 2. The molecule has 0 spiro atoms. The van der Waals surface area contributed by atoms with Crippen LogP contribution in [0.2, 0.25) is 0 Å². The fourth-order valence-electron chi connectivity index (χ4n) is 3.17. The maximum absolute atomic E-state index is 12.2. The van der Waals surface area contributed by atoms with Gasteiger partial charge in [-0.15, -0.1) is 24.0 Å². The van der Waals surface area contributed by atoms with Crippen LogP contribution in [0.1, 0.15) is 54.7 Å². The van der Waals surface area contributed by atoms with Gasteiger partial charge in [-0.05, 0) is 70.4 Å². The minimum atomic E-state index is -0.266. The number of carbonyl (C=O) groups is 1. The van der Waals surface area contributed by atoms with Gasteiger partial charge in [0.2, 0.25) is 0 Å². The molecular formula is C26H39IN4O2. The highest BCUT2D eigenvalue weighted by atomic mass is 127. The van der Waals surface area contributed by atoms with E-state index in [1.165, 1.54) is 0 Å². The highest BCUT2D eigenvalue weighted by Gasteiger charge is 2.15. The second-order valence-electron chi connectivity index (χ2n) is 9.10. The molecule has 2 rings (SSSR count). The molecule has 0 bridgehead atoms. The third kappa shape index (κ3) is 10.0. The monoisotopic (exact) mass is 566 g/mol. The van der Waals surface area contributed by atoms with Crippen LogP contribution in [-0.4, -0.2) is 49.6 Å². The van der Waals surface area contributed by atoms with Gasteiger partial charge in [-0.25, -0.2) is 4.99 Å². The average molecular weight is 567 g/mol. The van der Waals surface area contributed by atoms with Crippen LogP contribution in [0.4, 0.5) is 0 Å². The Morgan fingerprint density at radius 2 is 1.82 bits per heavy atom. The molecule has 0 atom stereocenters. The molecule has 6 nitrogen and oxygen atoms in total. The molecule has 2 aromatic rings. The van der Waals surface area contributed by atoms with E-state index in [0.717, 1.165) is 41.4 Å². The molecule has 0 aliphatic heterocycles. The molecule has 7 heteroatoms. The van der Waals surface area contributed by atoms with Gasteiger partial charge < -0.3 is 20.3 Å². The molecular weight excluding hydrogens is 527 g/mol. The summed E-state index contributed by atoms with van der Waals surface area (Å²) in [5, 5.41) is 6.69. The Hall–Kier alpha value is -2.29. The van der Waals surface area contributed by atoms with E-state index in [1.807, 2.05) is 31.2 Å². The van der Waals surface area contributed by atoms with Crippen LogP contribution in [-0.2, 0) is 13.0 Å². The second kappa shape index (κ2) is 13.4. The van der Waals surface area contributed by atoms with Crippen LogP contribution in [0.15, 0.2) is 47.5 Å². The Morgan fingerprint density at radius 1 is 1.09 bits per heavy atom. The molecule has 0 fully saturated rings. The minimum Gasteiger partial charge on any atom is -0.488 e. The first-order valence-electron chi connectivity index (χ1n) is 11.2. The van der Waals surface area contributed by atoms with Crippen molar-refractivity contribution in [1.82, 2.24) is 15.5 Å². The number of hydrogen-bond donors (Lipinski definition) is 2. The summed E-state index contributed by atoms with van der Waals surface area (Å²) in [5.74, 6) is 1.65. The highest BCUT2D eigenvalue weighted by molar-refractivity contribution is 14.0. The summed E-state index contributed by atoms with van der Waals surface area (Å²) in [7, 11) is 3.53. The molecule has 0 unspecified atom stereocenters. The number of benzene rings is 2. The van der Waals surface area contributed by atoms with Crippen LogP contribution >= 0.6 is 24.0 Å². The fraction of sp³-hybridized carbons (Fsp3) is 0.462. The minimum absolute atomic E-state index is 0. The third-order valence-electron chi connectivity index (χ3n) is 4.68. The summed E-state index contributed by atoms with van der Waals surface area (Å²) in [6.07, 6.45) is 0.794. The summed E-state index contributed by atoms with van der Waals surface area (Å²) in [4.78, 5) is 18.5. The smallest absolute Gasteiger partial charge is 0.253 e. The van der Waals surface area contributed by atoms with Crippen molar-refractivity contribution in [3.63, 3.8) is 0 Å². The normalized spacial score (nSPS) is 11.4. The summed E-state index contributed by atoms with van der Waals surface area (Å²) in [5.41, 5.74) is 3.77. The van der Waals surface area contributed by atoms with Gasteiger partial charge in [0.05, 0.1) is 6.54 Å². The van der Waals surface area contributed by atoms with Crippen molar-refractivity contribution in [2.24, 2.45) is 4.99 Å². The molecule has 182 valence electrons. The van der Waals surface area contributed by atoms with Crippen LogP contribution in [0, 0.1) is 6.92 Å². The largest absolute Gasteiger partial charge is 0.488 e. The molecule has 0 aromatic heterocycles. The Kier molecular flexibility index (Phi) is 11.7. The molecule has 0 saturated carbocycles. The van der Waals surface area contributed by atoms with Gasteiger partial charge in [-0.3, -0.25) is 4.79 Å². The standard InChI is InChI=1S/C26H38N4O2.HI/c1-8-27-25(28-15-14-20-10-9-11-21(17-20)24(31)30(6)7)29-18-22-13-12-19(2)16-23(22)32-26(3,4)5;/h9-13,16-17H,8,14-15,18H2,1-7H3,(H2,27,28,29);1H. The van der Waals surface area contributed by atoms with E-state index in [-0.39, 0.29) is 35.5 Å². The number of hydrogen-bond acceptors (Lipinski definition) is 3. The van der Waals surface area contributed by atoms with Gasteiger partial charge >= 0.3 is 0 Å². The van der Waals surface area contributed by atoms with Crippen molar-refractivity contribution in [2.45, 2.75) is 53.2 Å². The van der Waals surface area contributed by atoms with Crippen molar-refractivity contribution in [1.29, 1.82) is 0 Å². The predicted octanol–water partition coefficient (Wildman–Crippen LogP) is 4.79. The fourth-order valence-corrected chi connectivity index (χ4v) is 3.17. The third-order valence-corrected chi connectivity index (χ3v) is 4.68. The molecule has 0 heterocycles. The van der Waals surface area contributed by atoms with Gasteiger partial charge in [0.15, 0.2) is 5.96 Å². The summed E-state index contributed by atoms with van der Waals surface area (Å²) >= 11 is 0. The van der Waals surface area contributed by atoms with Crippen molar-refractivity contribution < 1.29 is 9.53 Å². The van der Waals surface area contributed by atoms with Crippen molar-refractivity contribution in [2.75, 3.05) is 27.2 Å². The quantitative estimate of drug-likeness (QED) is 0.274. The lowest BCUT2D eigenvalue weighted by Gasteiger charge is -2.23. The summed E-state index contributed by atoms with van der Waals surface area (Å²) in [6.45, 7) is 12.3. The number of carbonyl (C=O) groups excluding carboxylic acids is 1. The Morgan fingerprint density at radius 3 is 2.45 bits per heavy atom. The van der Waals surface area contributed by atoms with E-state index < -0.39 is 0 Å². The second-order valence-corrected chi connectivity index (χ2v) is 9.10. The van der Waals surface area contributed by atoms with E-state index in [1.54, 1.807) is 19.0 Å². The number of aryl methyl sites for hydroxylation is 1. The number of aliphatic imine (C=N–C) groups is 1. The number of amides is 1.